The first-order chi connectivity index (χ1) is 12.1. The van der Waals surface area contributed by atoms with Crippen molar-refractivity contribution in [2.24, 2.45) is 5.92 Å². The lowest BCUT2D eigenvalue weighted by Crippen LogP contribution is -2.50. The van der Waals surface area contributed by atoms with E-state index in [0.29, 0.717) is 5.91 Å². The SMILES string of the molecule is Cc1nc(CN2CCN(C(=O)C3CCn4c(cnc4C)C3)CC2)cs1. The van der Waals surface area contributed by atoms with Crippen molar-refractivity contribution in [2.45, 2.75) is 39.8 Å². The number of aromatic nitrogens is 3. The van der Waals surface area contributed by atoms with E-state index in [-0.39, 0.29) is 5.92 Å². The van der Waals surface area contributed by atoms with Crippen molar-refractivity contribution in [1.82, 2.24) is 24.3 Å². The number of rotatable bonds is 3. The highest BCUT2D eigenvalue weighted by Crippen LogP contribution is 2.24. The normalized spacial score (nSPS) is 21.4. The molecule has 0 bridgehead atoms. The summed E-state index contributed by atoms with van der Waals surface area (Å²) in [6.45, 7) is 9.43. The second-order valence-electron chi connectivity index (χ2n) is 7.10. The predicted octanol–water partition coefficient (Wildman–Crippen LogP) is 1.86. The van der Waals surface area contributed by atoms with E-state index in [1.54, 1.807) is 11.3 Å². The average Bonchev–Trinajstić information content (AvgIpc) is 3.20. The Morgan fingerprint density at radius 1 is 1.24 bits per heavy atom. The molecule has 2 aliphatic rings. The lowest BCUT2D eigenvalue weighted by atomic mass is 9.94. The summed E-state index contributed by atoms with van der Waals surface area (Å²) in [4.78, 5) is 26.3. The molecular formula is C18H25N5OS. The van der Waals surface area contributed by atoms with E-state index in [1.165, 1.54) is 5.69 Å². The molecule has 1 unspecified atom stereocenters. The van der Waals surface area contributed by atoms with Crippen LogP contribution in [0.25, 0.3) is 0 Å². The van der Waals surface area contributed by atoms with Gasteiger partial charge in [-0.15, -0.1) is 11.3 Å². The van der Waals surface area contributed by atoms with Crippen molar-refractivity contribution in [2.75, 3.05) is 26.2 Å². The molecule has 2 aliphatic heterocycles. The fraction of sp³-hybridized carbons (Fsp3) is 0.611. The Balaban J connectivity index is 1.31. The molecule has 1 fully saturated rings. The monoisotopic (exact) mass is 359 g/mol. The highest BCUT2D eigenvalue weighted by molar-refractivity contribution is 7.09. The molecule has 0 aromatic carbocycles. The maximum Gasteiger partial charge on any atom is 0.226 e. The maximum atomic E-state index is 12.9. The largest absolute Gasteiger partial charge is 0.340 e. The van der Waals surface area contributed by atoms with Crippen molar-refractivity contribution >= 4 is 17.2 Å². The number of nitrogens with zero attached hydrogens (tertiary/aromatic N) is 5. The number of amides is 1. The smallest absolute Gasteiger partial charge is 0.226 e. The Hall–Kier alpha value is -1.73. The topological polar surface area (TPSA) is 54.3 Å². The molecule has 7 heteroatoms. The van der Waals surface area contributed by atoms with Gasteiger partial charge in [-0.05, 0) is 20.3 Å². The van der Waals surface area contributed by atoms with Crippen LogP contribution in [0.2, 0.25) is 0 Å². The van der Waals surface area contributed by atoms with Crippen molar-refractivity contribution in [1.29, 1.82) is 0 Å². The van der Waals surface area contributed by atoms with Gasteiger partial charge in [0.25, 0.3) is 0 Å². The number of aryl methyl sites for hydroxylation is 2. The minimum absolute atomic E-state index is 0.122. The van der Waals surface area contributed by atoms with Crippen molar-refractivity contribution in [3.05, 3.63) is 33.8 Å². The summed E-state index contributed by atoms with van der Waals surface area (Å²) < 4.78 is 2.25. The fourth-order valence-electron chi connectivity index (χ4n) is 3.93. The first kappa shape index (κ1) is 16.7. The third-order valence-electron chi connectivity index (χ3n) is 5.38. The standard InChI is InChI=1S/C18H25N5OS/c1-13-19-10-17-9-15(3-4-23(13)17)18(24)22-7-5-21(6-8-22)11-16-12-25-14(2)20-16/h10,12,15H,3-9,11H2,1-2H3. The van der Waals surface area contributed by atoms with Gasteiger partial charge in [0.05, 0.1) is 10.7 Å². The Kier molecular flexibility index (Phi) is 4.60. The van der Waals surface area contributed by atoms with E-state index in [1.807, 2.05) is 20.0 Å². The number of hydrogen-bond acceptors (Lipinski definition) is 5. The van der Waals surface area contributed by atoms with E-state index in [0.717, 1.165) is 68.6 Å². The summed E-state index contributed by atoms with van der Waals surface area (Å²) in [5, 5.41) is 3.26. The highest BCUT2D eigenvalue weighted by atomic mass is 32.1. The third-order valence-corrected chi connectivity index (χ3v) is 6.20. The summed E-state index contributed by atoms with van der Waals surface area (Å²) >= 11 is 1.70. The van der Waals surface area contributed by atoms with E-state index in [9.17, 15) is 4.79 Å². The number of piperazine rings is 1. The molecule has 4 heterocycles. The average molecular weight is 359 g/mol. The number of imidazole rings is 1. The van der Waals surface area contributed by atoms with Crippen LogP contribution < -0.4 is 0 Å². The van der Waals surface area contributed by atoms with Crippen LogP contribution in [0.5, 0.6) is 0 Å². The lowest BCUT2D eigenvalue weighted by Gasteiger charge is -2.37. The molecule has 1 saturated heterocycles. The first-order valence-corrected chi connectivity index (χ1v) is 9.91. The van der Waals surface area contributed by atoms with Crippen LogP contribution in [-0.2, 0) is 24.3 Å². The van der Waals surface area contributed by atoms with Gasteiger partial charge in [0.1, 0.15) is 5.82 Å². The molecule has 134 valence electrons. The fourth-order valence-corrected chi connectivity index (χ4v) is 4.53. The van der Waals surface area contributed by atoms with Gasteiger partial charge < -0.3 is 9.47 Å². The Labute approximate surface area is 152 Å². The van der Waals surface area contributed by atoms with E-state index in [2.05, 4.69) is 29.7 Å². The van der Waals surface area contributed by atoms with Crippen LogP contribution in [0.15, 0.2) is 11.6 Å². The molecule has 4 rings (SSSR count). The van der Waals surface area contributed by atoms with Gasteiger partial charge in [0.2, 0.25) is 5.91 Å². The number of fused-ring (bicyclic) bond motifs is 1. The minimum Gasteiger partial charge on any atom is -0.340 e. The molecule has 0 aliphatic carbocycles. The van der Waals surface area contributed by atoms with Gasteiger partial charge in [-0.25, -0.2) is 9.97 Å². The molecule has 25 heavy (non-hydrogen) atoms. The van der Waals surface area contributed by atoms with E-state index >= 15 is 0 Å². The number of hydrogen-bond donors (Lipinski definition) is 0. The van der Waals surface area contributed by atoms with E-state index < -0.39 is 0 Å². The summed E-state index contributed by atoms with van der Waals surface area (Å²) in [7, 11) is 0. The molecule has 0 saturated carbocycles. The minimum atomic E-state index is 0.122. The van der Waals surface area contributed by atoms with Crippen LogP contribution in [-0.4, -0.2) is 56.4 Å². The van der Waals surface area contributed by atoms with Crippen molar-refractivity contribution in [3.63, 3.8) is 0 Å². The zero-order valence-corrected chi connectivity index (χ0v) is 15.8. The summed E-state index contributed by atoms with van der Waals surface area (Å²) in [6, 6.07) is 0. The Morgan fingerprint density at radius 2 is 2.04 bits per heavy atom. The van der Waals surface area contributed by atoms with Crippen LogP contribution in [0.1, 0.15) is 28.6 Å². The quantitative estimate of drug-likeness (QED) is 0.839. The predicted molar refractivity (Wildman–Crippen MR) is 97.5 cm³/mol. The van der Waals surface area contributed by atoms with E-state index in [4.69, 9.17) is 0 Å². The second-order valence-corrected chi connectivity index (χ2v) is 8.16. The van der Waals surface area contributed by atoms with Crippen molar-refractivity contribution in [3.8, 4) is 0 Å². The Bertz CT molecular complexity index is 759. The van der Waals surface area contributed by atoms with Crippen LogP contribution in [0, 0.1) is 19.8 Å². The highest BCUT2D eigenvalue weighted by Gasteiger charge is 2.31. The van der Waals surface area contributed by atoms with Crippen LogP contribution in [0.4, 0.5) is 0 Å². The van der Waals surface area contributed by atoms with Gasteiger partial charge >= 0.3 is 0 Å². The number of carbonyl (C=O) groups is 1. The third kappa shape index (κ3) is 3.48. The first-order valence-electron chi connectivity index (χ1n) is 9.03. The molecule has 6 nitrogen and oxygen atoms in total. The van der Waals surface area contributed by atoms with Gasteiger partial charge in [0.15, 0.2) is 0 Å². The molecule has 0 N–H and O–H groups in total. The molecular weight excluding hydrogens is 334 g/mol. The summed E-state index contributed by atoms with van der Waals surface area (Å²) in [5.74, 6) is 1.51. The lowest BCUT2D eigenvalue weighted by molar-refractivity contribution is -0.138. The molecule has 1 amide bonds. The van der Waals surface area contributed by atoms with Gasteiger partial charge in [-0.1, -0.05) is 0 Å². The summed E-state index contributed by atoms with van der Waals surface area (Å²) in [6.07, 6.45) is 3.70. The molecule has 1 atom stereocenters. The zero-order chi connectivity index (χ0) is 17.4. The van der Waals surface area contributed by atoms with Gasteiger partial charge in [0, 0.05) is 68.9 Å². The van der Waals surface area contributed by atoms with Crippen LogP contribution in [0.3, 0.4) is 0 Å². The zero-order valence-electron chi connectivity index (χ0n) is 14.9. The van der Waals surface area contributed by atoms with Crippen molar-refractivity contribution < 1.29 is 4.79 Å². The molecule has 0 spiro atoms. The molecule has 0 radical (unpaired) electrons. The van der Waals surface area contributed by atoms with Gasteiger partial charge in [-0.3, -0.25) is 9.69 Å². The maximum absolute atomic E-state index is 12.9. The number of thiazole rings is 1. The Morgan fingerprint density at radius 3 is 2.76 bits per heavy atom. The molecule has 2 aromatic heterocycles. The summed E-state index contributed by atoms with van der Waals surface area (Å²) in [5.41, 5.74) is 2.36. The molecule has 2 aromatic rings. The second kappa shape index (κ2) is 6.88. The van der Waals surface area contributed by atoms with Crippen LogP contribution >= 0.6 is 11.3 Å². The number of carbonyl (C=O) groups excluding carboxylic acids is 1. The van der Waals surface area contributed by atoms with Gasteiger partial charge in [-0.2, -0.15) is 0 Å².